The number of hydrogen-bond acceptors (Lipinski definition) is 1. The van der Waals surface area contributed by atoms with Crippen molar-refractivity contribution in [3.63, 3.8) is 0 Å². The van der Waals surface area contributed by atoms with Crippen LogP contribution in [-0.4, -0.2) is 28.7 Å². The first kappa shape index (κ1) is 13.5. The van der Waals surface area contributed by atoms with E-state index in [0.29, 0.717) is 10.7 Å². The fourth-order valence-corrected chi connectivity index (χ4v) is 2.65. The molecule has 98 valence electrons. The molecule has 0 aromatic heterocycles. The lowest BCUT2D eigenvalue weighted by Gasteiger charge is -2.34. The zero-order valence-corrected chi connectivity index (χ0v) is 12.0. The minimum absolute atomic E-state index is 0.0897. The van der Waals surface area contributed by atoms with Crippen molar-refractivity contribution in [1.29, 1.82) is 0 Å². The second-order valence-electron chi connectivity index (χ2n) is 4.93. The van der Waals surface area contributed by atoms with Crippen LogP contribution in [0.25, 0.3) is 0 Å². The summed E-state index contributed by atoms with van der Waals surface area (Å²) in [5.41, 5.74) is 0.744. The number of likely N-dealkylation sites (tertiary alicyclic amines) is 1. The molecule has 1 aromatic carbocycles. The molecule has 0 aliphatic carbocycles. The average molecular weight is 314 g/mol. The molecule has 2 nitrogen and oxygen atoms in total. The molecule has 1 heterocycles. The van der Waals surface area contributed by atoms with Crippen LogP contribution in [0.2, 0.25) is 0 Å². The van der Waals surface area contributed by atoms with Gasteiger partial charge in [0.2, 0.25) is 5.91 Å². The SMILES string of the molecule is CC1CN(C(=O)Cc2cccc(F)c2)CCC1Br. The van der Waals surface area contributed by atoms with Crippen molar-refractivity contribution in [2.75, 3.05) is 13.1 Å². The van der Waals surface area contributed by atoms with Crippen LogP contribution in [0.1, 0.15) is 18.9 Å². The van der Waals surface area contributed by atoms with E-state index in [1.54, 1.807) is 12.1 Å². The summed E-state index contributed by atoms with van der Waals surface area (Å²) < 4.78 is 13.0. The van der Waals surface area contributed by atoms with Gasteiger partial charge in [-0.15, -0.1) is 0 Å². The molecule has 4 heteroatoms. The number of amides is 1. The van der Waals surface area contributed by atoms with Gasteiger partial charge >= 0.3 is 0 Å². The first-order valence-electron chi connectivity index (χ1n) is 6.22. The summed E-state index contributed by atoms with van der Waals surface area (Å²) >= 11 is 3.62. The summed E-state index contributed by atoms with van der Waals surface area (Å²) in [6.45, 7) is 3.71. The Hall–Kier alpha value is -0.900. The lowest BCUT2D eigenvalue weighted by atomic mass is 9.99. The number of piperidine rings is 1. The number of nitrogens with zero attached hydrogens (tertiary/aromatic N) is 1. The Bertz CT molecular complexity index is 438. The van der Waals surface area contributed by atoms with Crippen molar-refractivity contribution in [2.24, 2.45) is 5.92 Å². The predicted octanol–water partition coefficient (Wildman–Crippen LogP) is 3.00. The van der Waals surface area contributed by atoms with Crippen molar-refractivity contribution in [3.05, 3.63) is 35.6 Å². The van der Waals surface area contributed by atoms with E-state index < -0.39 is 0 Å². The molecule has 0 radical (unpaired) electrons. The van der Waals surface area contributed by atoms with E-state index in [-0.39, 0.29) is 18.1 Å². The van der Waals surface area contributed by atoms with Gasteiger partial charge < -0.3 is 4.90 Å². The minimum Gasteiger partial charge on any atom is -0.342 e. The molecule has 2 atom stereocenters. The van der Waals surface area contributed by atoms with Crippen LogP contribution >= 0.6 is 15.9 Å². The quantitative estimate of drug-likeness (QED) is 0.769. The number of hydrogen-bond donors (Lipinski definition) is 0. The fourth-order valence-electron chi connectivity index (χ4n) is 2.28. The Morgan fingerprint density at radius 1 is 1.56 bits per heavy atom. The third kappa shape index (κ3) is 3.31. The minimum atomic E-state index is -0.284. The van der Waals surface area contributed by atoms with Crippen LogP contribution in [0.3, 0.4) is 0 Å². The molecule has 0 spiro atoms. The van der Waals surface area contributed by atoms with Gasteiger partial charge in [0.05, 0.1) is 6.42 Å². The van der Waals surface area contributed by atoms with Crippen LogP contribution in [-0.2, 0) is 11.2 Å². The third-order valence-electron chi connectivity index (χ3n) is 3.40. The van der Waals surface area contributed by atoms with E-state index in [1.165, 1.54) is 12.1 Å². The van der Waals surface area contributed by atoms with Crippen LogP contribution in [0.15, 0.2) is 24.3 Å². The maximum Gasteiger partial charge on any atom is 0.227 e. The van der Waals surface area contributed by atoms with Crippen LogP contribution < -0.4 is 0 Å². The number of halogens is 2. The van der Waals surface area contributed by atoms with Gasteiger partial charge in [-0.1, -0.05) is 35.0 Å². The number of alkyl halides is 1. The molecular formula is C14H17BrFNO. The lowest BCUT2D eigenvalue weighted by Crippen LogP contribution is -2.43. The molecule has 1 saturated heterocycles. The van der Waals surface area contributed by atoms with Gasteiger partial charge in [0.1, 0.15) is 5.82 Å². The summed E-state index contributed by atoms with van der Waals surface area (Å²) in [6.07, 6.45) is 1.27. The Balaban J connectivity index is 1.96. The van der Waals surface area contributed by atoms with Crippen molar-refractivity contribution in [2.45, 2.75) is 24.6 Å². The average Bonchev–Trinajstić information content (AvgIpc) is 2.32. The van der Waals surface area contributed by atoms with Crippen LogP contribution in [0, 0.1) is 11.7 Å². The highest BCUT2D eigenvalue weighted by Crippen LogP contribution is 2.23. The summed E-state index contributed by atoms with van der Waals surface area (Å²) in [7, 11) is 0. The Morgan fingerprint density at radius 3 is 3.00 bits per heavy atom. The van der Waals surface area contributed by atoms with E-state index in [0.717, 1.165) is 25.1 Å². The lowest BCUT2D eigenvalue weighted by molar-refractivity contribution is -0.132. The summed E-state index contributed by atoms with van der Waals surface area (Å²) in [5, 5.41) is 0. The van der Waals surface area contributed by atoms with Gasteiger partial charge in [0.15, 0.2) is 0 Å². The summed E-state index contributed by atoms with van der Waals surface area (Å²) in [6, 6.07) is 6.26. The highest BCUT2D eigenvalue weighted by atomic mass is 79.9. The van der Waals surface area contributed by atoms with E-state index in [9.17, 15) is 9.18 Å². The van der Waals surface area contributed by atoms with E-state index in [4.69, 9.17) is 0 Å². The molecule has 0 saturated carbocycles. The van der Waals surface area contributed by atoms with Gasteiger partial charge in [-0.2, -0.15) is 0 Å². The maximum atomic E-state index is 13.0. The monoisotopic (exact) mass is 313 g/mol. The number of carbonyl (C=O) groups is 1. The zero-order chi connectivity index (χ0) is 13.1. The van der Waals surface area contributed by atoms with Crippen molar-refractivity contribution >= 4 is 21.8 Å². The maximum absolute atomic E-state index is 13.0. The molecular weight excluding hydrogens is 297 g/mol. The molecule has 0 bridgehead atoms. The Kier molecular flexibility index (Phi) is 4.38. The highest BCUT2D eigenvalue weighted by molar-refractivity contribution is 9.09. The van der Waals surface area contributed by atoms with Crippen molar-refractivity contribution in [3.8, 4) is 0 Å². The highest BCUT2D eigenvalue weighted by Gasteiger charge is 2.26. The second kappa shape index (κ2) is 5.83. The van der Waals surface area contributed by atoms with Crippen LogP contribution in [0.5, 0.6) is 0 Å². The largest absolute Gasteiger partial charge is 0.342 e. The molecule has 1 aromatic rings. The Labute approximate surface area is 115 Å². The van der Waals surface area contributed by atoms with Gasteiger partial charge in [0.25, 0.3) is 0 Å². The molecule has 1 fully saturated rings. The first-order chi connectivity index (χ1) is 8.56. The topological polar surface area (TPSA) is 20.3 Å². The number of rotatable bonds is 2. The molecule has 0 N–H and O–H groups in total. The van der Waals surface area contributed by atoms with Gasteiger partial charge in [-0.05, 0) is 30.0 Å². The standard InChI is InChI=1S/C14H17BrFNO/c1-10-9-17(6-5-13(10)15)14(18)8-11-3-2-4-12(16)7-11/h2-4,7,10,13H,5-6,8-9H2,1H3. The number of benzene rings is 1. The molecule has 1 amide bonds. The van der Waals surface area contributed by atoms with Gasteiger partial charge in [-0.3, -0.25) is 4.79 Å². The smallest absolute Gasteiger partial charge is 0.227 e. The molecule has 2 rings (SSSR count). The zero-order valence-electron chi connectivity index (χ0n) is 10.4. The molecule has 2 unspecified atom stereocenters. The van der Waals surface area contributed by atoms with Crippen LogP contribution in [0.4, 0.5) is 4.39 Å². The molecule has 18 heavy (non-hydrogen) atoms. The number of carbonyl (C=O) groups excluding carboxylic acids is 1. The summed E-state index contributed by atoms with van der Waals surface area (Å²) in [4.78, 5) is 14.5. The third-order valence-corrected chi connectivity index (χ3v) is 4.76. The molecule has 1 aliphatic rings. The summed E-state index contributed by atoms with van der Waals surface area (Å²) in [5.74, 6) is 0.273. The van der Waals surface area contributed by atoms with Crippen molar-refractivity contribution < 1.29 is 9.18 Å². The van der Waals surface area contributed by atoms with E-state index in [2.05, 4.69) is 22.9 Å². The van der Waals surface area contributed by atoms with Crippen molar-refractivity contribution in [1.82, 2.24) is 4.90 Å². The Morgan fingerprint density at radius 2 is 2.33 bits per heavy atom. The second-order valence-corrected chi connectivity index (χ2v) is 6.10. The first-order valence-corrected chi connectivity index (χ1v) is 7.14. The van der Waals surface area contributed by atoms with Gasteiger partial charge in [-0.25, -0.2) is 4.39 Å². The van der Waals surface area contributed by atoms with E-state index >= 15 is 0 Å². The predicted molar refractivity (Wildman–Crippen MR) is 73.2 cm³/mol. The fraction of sp³-hybridized carbons (Fsp3) is 0.500. The normalized spacial score (nSPS) is 24.1. The molecule has 1 aliphatic heterocycles. The van der Waals surface area contributed by atoms with E-state index in [1.807, 2.05) is 4.90 Å². The van der Waals surface area contributed by atoms with Gasteiger partial charge in [0, 0.05) is 17.9 Å².